The topological polar surface area (TPSA) is 0 Å². The summed E-state index contributed by atoms with van der Waals surface area (Å²) < 4.78 is 7.17. The first-order chi connectivity index (χ1) is 3.63. The van der Waals surface area contributed by atoms with Crippen molar-refractivity contribution >= 4 is 0 Å². The van der Waals surface area contributed by atoms with Gasteiger partial charge < -0.3 is 0 Å². The van der Waals surface area contributed by atoms with E-state index in [1.165, 1.54) is 6.42 Å². The molecule has 0 amide bonds. The molecule has 0 heterocycles. The van der Waals surface area contributed by atoms with E-state index in [2.05, 4.69) is 13.8 Å². The smallest absolute Gasteiger partial charge is 0.0264 e. The molecule has 0 aliphatic heterocycles. The van der Waals surface area contributed by atoms with E-state index in [0.29, 0.717) is 0 Å². The summed E-state index contributed by atoms with van der Waals surface area (Å²) in [4.78, 5) is 0. The normalized spacial score (nSPS) is 16.9. The summed E-state index contributed by atoms with van der Waals surface area (Å²) in [5.74, 6) is 0.766. The van der Waals surface area contributed by atoms with E-state index in [-0.39, 0.29) is 6.40 Å². The van der Waals surface area contributed by atoms with Crippen molar-refractivity contribution in [3.8, 4) is 0 Å². The third kappa shape index (κ3) is 6.00. The summed E-state index contributed by atoms with van der Waals surface area (Å²) >= 11 is 0. The van der Waals surface area contributed by atoms with Crippen LogP contribution in [0, 0.1) is 5.92 Å². The van der Waals surface area contributed by atoms with Crippen molar-refractivity contribution in [3.05, 3.63) is 0 Å². The molecule has 0 heteroatoms. The maximum absolute atomic E-state index is 7.17. The van der Waals surface area contributed by atoms with Crippen LogP contribution >= 0.6 is 0 Å². The Labute approximate surface area is 48.3 Å². The molecule has 7 heavy (non-hydrogen) atoms. The van der Waals surface area contributed by atoms with Crippen LogP contribution < -0.4 is 0 Å². The molecule has 0 aromatic heterocycles. The van der Waals surface area contributed by atoms with Crippen molar-refractivity contribution in [2.75, 3.05) is 0 Å². The Morgan fingerprint density at radius 2 is 2.14 bits per heavy atom. The van der Waals surface area contributed by atoms with E-state index in [4.69, 9.17) is 1.37 Å². The molecule has 0 bridgehead atoms. The van der Waals surface area contributed by atoms with Gasteiger partial charge in [-0.2, -0.15) is 0 Å². The second-order valence-electron chi connectivity index (χ2n) is 2.38. The van der Waals surface area contributed by atoms with Crippen molar-refractivity contribution in [1.29, 1.82) is 0 Å². The Morgan fingerprint density at radius 1 is 1.57 bits per heavy atom. The molecular formula is C7H16. The fourth-order valence-corrected chi connectivity index (χ4v) is 0.500. The summed E-state index contributed by atoms with van der Waals surface area (Å²) in [6.45, 7) is 6.34. The Bertz CT molecular complexity index is 40.3. The molecule has 0 aliphatic rings. The summed E-state index contributed by atoms with van der Waals surface area (Å²) in [5, 5.41) is 0. The number of hydrogen-bond donors (Lipinski definition) is 0. The van der Waals surface area contributed by atoms with Gasteiger partial charge in [-0.05, 0) is 5.92 Å². The maximum Gasteiger partial charge on any atom is 0.0264 e. The van der Waals surface area contributed by atoms with Crippen molar-refractivity contribution in [2.24, 2.45) is 5.92 Å². The van der Waals surface area contributed by atoms with Crippen LogP contribution in [-0.2, 0) is 0 Å². The summed E-state index contributed by atoms with van der Waals surface area (Å²) in [5.41, 5.74) is 0. The highest BCUT2D eigenvalue weighted by Gasteiger charge is 1.88. The summed E-state index contributed by atoms with van der Waals surface area (Å²) in [6.07, 6.45) is 2.39. The van der Waals surface area contributed by atoms with Gasteiger partial charge in [0.25, 0.3) is 0 Å². The van der Waals surface area contributed by atoms with Crippen molar-refractivity contribution in [3.63, 3.8) is 0 Å². The third-order valence-electron chi connectivity index (χ3n) is 1.03. The zero-order valence-corrected chi connectivity index (χ0v) is 5.57. The molecule has 0 saturated carbocycles. The van der Waals surface area contributed by atoms with Crippen LogP contribution in [0.25, 0.3) is 0 Å². The minimum absolute atomic E-state index is 0.136. The summed E-state index contributed by atoms with van der Waals surface area (Å²) in [6, 6.07) is 0. The molecule has 0 aromatic carbocycles. The van der Waals surface area contributed by atoms with Gasteiger partial charge in [-0.15, -0.1) is 0 Å². The van der Waals surface area contributed by atoms with E-state index in [1.807, 2.05) is 6.92 Å². The highest BCUT2D eigenvalue weighted by atomic mass is 13.9. The molecule has 44 valence electrons. The lowest BCUT2D eigenvalue weighted by Crippen LogP contribution is -1.83. The van der Waals surface area contributed by atoms with Gasteiger partial charge in [0.05, 0.1) is 0 Å². The van der Waals surface area contributed by atoms with Crippen LogP contribution in [0.4, 0.5) is 0 Å². The standard InChI is InChI=1S/C7H16/c1-4-5-6-7(2)3/h7H,4-6H2,1-3H3/i4D. The van der Waals surface area contributed by atoms with Crippen LogP contribution in [0.5, 0.6) is 0 Å². The first-order valence-electron chi connectivity index (χ1n) is 3.63. The Hall–Kier alpha value is 0. The van der Waals surface area contributed by atoms with Crippen LogP contribution in [-0.4, -0.2) is 0 Å². The van der Waals surface area contributed by atoms with Crippen molar-refractivity contribution < 1.29 is 1.37 Å². The Kier molecular flexibility index (Phi) is 3.06. The van der Waals surface area contributed by atoms with Crippen LogP contribution in [0.15, 0.2) is 0 Å². The van der Waals surface area contributed by atoms with Gasteiger partial charge in [-0.3, -0.25) is 0 Å². The lowest BCUT2D eigenvalue weighted by Gasteiger charge is -1.98. The molecule has 0 saturated heterocycles. The average Bonchev–Trinajstić information content (AvgIpc) is 1.61. The van der Waals surface area contributed by atoms with E-state index in [0.717, 1.165) is 12.3 Å². The van der Waals surface area contributed by atoms with Crippen molar-refractivity contribution in [2.45, 2.75) is 40.0 Å². The second-order valence-corrected chi connectivity index (χ2v) is 2.38. The van der Waals surface area contributed by atoms with Gasteiger partial charge in [-0.25, -0.2) is 0 Å². The minimum Gasteiger partial charge on any atom is -0.0654 e. The van der Waals surface area contributed by atoms with E-state index < -0.39 is 0 Å². The fourth-order valence-electron chi connectivity index (χ4n) is 0.500. The fraction of sp³-hybridized carbons (Fsp3) is 1.00. The van der Waals surface area contributed by atoms with Crippen LogP contribution in [0.1, 0.15) is 41.4 Å². The van der Waals surface area contributed by atoms with Gasteiger partial charge in [0.2, 0.25) is 0 Å². The van der Waals surface area contributed by atoms with E-state index in [1.54, 1.807) is 0 Å². The summed E-state index contributed by atoms with van der Waals surface area (Å²) in [7, 11) is 0. The Morgan fingerprint density at radius 3 is 2.29 bits per heavy atom. The molecule has 0 N–H and O–H groups in total. The maximum atomic E-state index is 7.17. The monoisotopic (exact) mass is 101 g/mol. The molecule has 0 nitrogen and oxygen atoms in total. The highest BCUT2D eigenvalue weighted by molar-refractivity contribution is 4.42. The predicted octanol–water partition coefficient (Wildman–Crippen LogP) is 2.83. The molecule has 1 atom stereocenters. The lowest BCUT2D eigenvalue weighted by molar-refractivity contribution is 0.550. The zero-order valence-electron chi connectivity index (χ0n) is 6.57. The van der Waals surface area contributed by atoms with Gasteiger partial charge in [0.15, 0.2) is 0 Å². The zero-order chi connectivity index (χ0) is 6.57. The first kappa shape index (κ1) is 5.14. The lowest BCUT2D eigenvalue weighted by atomic mass is 10.1. The quantitative estimate of drug-likeness (QED) is 0.512. The van der Waals surface area contributed by atoms with Crippen LogP contribution in [0.3, 0.4) is 0 Å². The van der Waals surface area contributed by atoms with Crippen LogP contribution in [0.2, 0.25) is 0 Å². The molecule has 0 radical (unpaired) electrons. The molecule has 0 aliphatic carbocycles. The predicted molar refractivity (Wildman–Crippen MR) is 34.4 cm³/mol. The SMILES string of the molecule is [2H]C(C)CCC(C)C. The van der Waals surface area contributed by atoms with Gasteiger partial charge in [0.1, 0.15) is 0 Å². The molecule has 1 unspecified atom stereocenters. The minimum atomic E-state index is 0.136. The van der Waals surface area contributed by atoms with Gasteiger partial charge in [0, 0.05) is 1.37 Å². The van der Waals surface area contributed by atoms with Gasteiger partial charge >= 0.3 is 0 Å². The third-order valence-corrected chi connectivity index (χ3v) is 1.03. The number of hydrogen-bond acceptors (Lipinski definition) is 0. The largest absolute Gasteiger partial charge is 0.0654 e. The van der Waals surface area contributed by atoms with E-state index in [9.17, 15) is 0 Å². The molecule has 0 fully saturated rings. The molecule has 0 aromatic rings. The molecule has 0 rings (SSSR count). The highest BCUT2D eigenvalue weighted by Crippen LogP contribution is 2.04. The van der Waals surface area contributed by atoms with Gasteiger partial charge in [-0.1, -0.05) is 40.0 Å². The first-order valence-corrected chi connectivity index (χ1v) is 3.05. The average molecular weight is 101 g/mol. The van der Waals surface area contributed by atoms with E-state index >= 15 is 0 Å². The second kappa shape index (κ2) is 4.17. The van der Waals surface area contributed by atoms with Crippen molar-refractivity contribution in [1.82, 2.24) is 0 Å². The molecule has 0 spiro atoms. The Balaban J connectivity index is 2.93. The molecular weight excluding hydrogens is 84.1 g/mol. The number of rotatable bonds is 3.